The first-order valence-electron chi connectivity index (χ1n) is 8.42. The van der Waals surface area contributed by atoms with Crippen molar-refractivity contribution in [2.45, 2.75) is 19.4 Å². The number of sulfone groups is 1. The van der Waals surface area contributed by atoms with E-state index < -0.39 is 9.84 Å². The van der Waals surface area contributed by atoms with Crippen molar-refractivity contribution in [2.24, 2.45) is 0 Å². The first kappa shape index (κ1) is 18.8. The molecule has 0 saturated carbocycles. The SMILES string of the molecule is CC(=O)Nc1cccc(NC(=O)c2cncc(NC3CCS(=O)(=O)C3)c2)c1. The van der Waals surface area contributed by atoms with Gasteiger partial charge in [0.25, 0.3) is 5.91 Å². The highest BCUT2D eigenvalue weighted by molar-refractivity contribution is 7.91. The van der Waals surface area contributed by atoms with Gasteiger partial charge in [-0.15, -0.1) is 0 Å². The van der Waals surface area contributed by atoms with Gasteiger partial charge in [0, 0.05) is 36.7 Å². The second kappa shape index (κ2) is 7.75. The third-order valence-corrected chi connectivity index (χ3v) is 5.81. The van der Waals surface area contributed by atoms with Crippen LogP contribution < -0.4 is 16.0 Å². The van der Waals surface area contributed by atoms with Crippen LogP contribution in [0.4, 0.5) is 17.1 Å². The van der Waals surface area contributed by atoms with Crippen LogP contribution in [0.1, 0.15) is 23.7 Å². The van der Waals surface area contributed by atoms with E-state index in [0.717, 1.165) is 0 Å². The fourth-order valence-corrected chi connectivity index (χ4v) is 4.54. The Labute approximate surface area is 157 Å². The predicted molar refractivity (Wildman–Crippen MR) is 104 cm³/mol. The van der Waals surface area contributed by atoms with Crippen molar-refractivity contribution < 1.29 is 18.0 Å². The lowest BCUT2D eigenvalue weighted by Gasteiger charge is -2.13. The number of amides is 2. The molecule has 1 atom stereocenters. The summed E-state index contributed by atoms with van der Waals surface area (Å²) in [4.78, 5) is 27.7. The molecule has 2 aromatic rings. The highest BCUT2D eigenvalue weighted by Gasteiger charge is 2.27. The van der Waals surface area contributed by atoms with Crippen molar-refractivity contribution in [3.8, 4) is 0 Å². The van der Waals surface area contributed by atoms with Crippen LogP contribution in [0, 0.1) is 0 Å². The maximum atomic E-state index is 12.5. The summed E-state index contributed by atoms with van der Waals surface area (Å²) in [5.41, 5.74) is 2.05. The average molecular weight is 388 g/mol. The van der Waals surface area contributed by atoms with Crippen molar-refractivity contribution >= 4 is 38.7 Å². The molecule has 0 spiro atoms. The van der Waals surface area contributed by atoms with Gasteiger partial charge in [0.1, 0.15) is 0 Å². The van der Waals surface area contributed by atoms with Crippen LogP contribution in [-0.4, -0.2) is 42.8 Å². The van der Waals surface area contributed by atoms with Crippen LogP contribution in [0.5, 0.6) is 0 Å². The van der Waals surface area contributed by atoms with Gasteiger partial charge < -0.3 is 16.0 Å². The molecule has 1 aromatic carbocycles. The van der Waals surface area contributed by atoms with E-state index in [4.69, 9.17) is 0 Å². The van der Waals surface area contributed by atoms with E-state index in [-0.39, 0.29) is 29.4 Å². The Bertz CT molecular complexity index is 975. The molecule has 8 nitrogen and oxygen atoms in total. The minimum absolute atomic E-state index is 0.0827. The first-order chi connectivity index (χ1) is 12.8. The van der Waals surface area contributed by atoms with E-state index >= 15 is 0 Å². The molecule has 1 fully saturated rings. The summed E-state index contributed by atoms with van der Waals surface area (Å²) in [7, 11) is -2.99. The van der Waals surface area contributed by atoms with Crippen molar-refractivity contribution in [2.75, 3.05) is 27.5 Å². The Balaban J connectivity index is 1.68. The van der Waals surface area contributed by atoms with E-state index in [2.05, 4.69) is 20.9 Å². The minimum atomic E-state index is -2.99. The molecule has 3 N–H and O–H groups in total. The number of hydrogen-bond acceptors (Lipinski definition) is 6. The monoisotopic (exact) mass is 388 g/mol. The molecule has 27 heavy (non-hydrogen) atoms. The smallest absolute Gasteiger partial charge is 0.257 e. The number of anilines is 3. The minimum Gasteiger partial charge on any atom is -0.380 e. The van der Waals surface area contributed by atoms with Crippen LogP contribution in [0.15, 0.2) is 42.7 Å². The topological polar surface area (TPSA) is 117 Å². The molecule has 1 aliphatic heterocycles. The summed E-state index contributed by atoms with van der Waals surface area (Å²) in [6, 6.07) is 8.26. The van der Waals surface area contributed by atoms with Crippen molar-refractivity contribution in [3.05, 3.63) is 48.3 Å². The molecule has 1 aromatic heterocycles. The second-order valence-electron chi connectivity index (χ2n) is 6.42. The molecule has 1 aliphatic rings. The third-order valence-electron chi connectivity index (χ3n) is 4.04. The number of pyridine rings is 1. The van der Waals surface area contributed by atoms with Gasteiger partial charge in [-0.2, -0.15) is 0 Å². The summed E-state index contributed by atoms with van der Waals surface area (Å²) in [5, 5.41) is 8.52. The van der Waals surface area contributed by atoms with Crippen LogP contribution in [-0.2, 0) is 14.6 Å². The van der Waals surface area contributed by atoms with Crippen LogP contribution in [0.3, 0.4) is 0 Å². The van der Waals surface area contributed by atoms with Gasteiger partial charge in [-0.3, -0.25) is 14.6 Å². The molecule has 0 radical (unpaired) electrons. The summed E-state index contributed by atoms with van der Waals surface area (Å²) < 4.78 is 23.1. The number of nitrogens with zero attached hydrogens (tertiary/aromatic N) is 1. The lowest BCUT2D eigenvalue weighted by molar-refractivity contribution is -0.114. The summed E-state index contributed by atoms with van der Waals surface area (Å²) in [5.74, 6) is -0.303. The normalized spacial score (nSPS) is 17.9. The van der Waals surface area contributed by atoms with Gasteiger partial charge in [-0.25, -0.2) is 8.42 Å². The van der Waals surface area contributed by atoms with Gasteiger partial charge in [-0.05, 0) is 30.7 Å². The number of aromatic nitrogens is 1. The van der Waals surface area contributed by atoms with Crippen LogP contribution >= 0.6 is 0 Å². The Morgan fingerprint density at radius 2 is 1.81 bits per heavy atom. The largest absolute Gasteiger partial charge is 0.380 e. The number of carbonyl (C=O) groups excluding carboxylic acids is 2. The summed E-state index contributed by atoms with van der Waals surface area (Å²) in [6.07, 6.45) is 3.53. The van der Waals surface area contributed by atoms with Gasteiger partial charge in [0.2, 0.25) is 5.91 Å². The Morgan fingerprint density at radius 3 is 2.48 bits per heavy atom. The van der Waals surface area contributed by atoms with Gasteiger partial charge in [0.05, 0.1) is 22.8 Å². The zero-order valence-corrected chi connectivity index (χ0v) is 15.5. The van der Waals surface area contributed by atoms with Crippen molar-refractivity contribution in [1.82, 2.24) is 4.98 Å². The Morgan fingerprint density at radius 1 is 1.07 bits per heavy atom. The summed E-state index contributed by atoms with van der Waals surface area (Å²) >= 11 is 0. The fraction of sp³-hybridized carbons (Fsp3) is 0.278. The maximum absolute atomic E-state index is 12.5. The number of rotatable bonds is 5. The zero-order valence-electron chi connectivity index (χ0n) is 14.7. The van der Waals surface area contributed by atoms with Crippen LogP contribution in [0.2, 0.25) is 0 Å². The molecule has 1 unspecified atom stereocenters. The molecule has 0 bridgehead atoms. The molecule has 1 saturated heterocycles. The Hall–Kier alpha value is -2.94. The number of carbonyl (C=O) groups is 2. The lowest BCUT2D eigenvalue weighted by atomic mass is 10.2. The van der Waals surface area contributed by atoms with E-state index in [1.54, 1.807) is 36.5 Å². The maximum Gasteiger partial charge on any atom is 0.257 e. The van der Waals surface area contributed by atoms with Crippen LogP contribution in [0.25, 0.3) is 0 Å². The molecule has 142 valence electrons. The Kier molecular flexibility index (Phi) is 5.41. The van der Waals surface area contributed by atoms with Gasteiger partial charge >= 0.3 is 0 Å². The fourth-order valence-electron chi connectivity index (χ4n) is 2.87. The number of hydrogen-bond donors (Lipinski definition) is 3. The zero-order chi connectivity index (χ0) is 19.4. The lowest BCUT2D eigenvalue weighted by Crippen LogP contribution is -2.21. The molecular weight excluding hydrogens is 368 g/mol. The molecular formula is C18H20N4O4S. The van der Waals surface area contributed by atoms with E-state index in [1.165, 1.54) is 13.1 Å². The molecule has 2 heterocycles. The average Bonchev–Trinajstić information content (AvgIpc) is 2.93. The number of benzene rings is 1. The first-order valence-corrected chi connectivity index (χ1v) is 10.2. The highest BCUT2D eigenvalue weighted by atomic mass is 32.2. The van der Waals surface area contributed by atoms with E-state index in [9.17, 15) is 18.0 Å². The third kappa shape index (κ3) is 5.27. The number of nitrogens with one attached hydrogen (secondary N) is 3. The van der Waals surface area contributed by atoms with Crippen molar-refractivity contribution in [3.63, 3.8) is 0 Å². The molecule has 9 heteroatoms. The summed E-state index contributed by atoms with van der Waals surface area (Å²) in [6.45, 7) is 1.41. The molecule has 0 aliphatic carbocycles. The predicted octanol–water partition coefficient (Wildman–Crippen LogP) is 1.89. The van der Waals surface area contributed by atoms with E-state index in [1.807, 2.05) is 0 Å². The van der Waals surface area contributed by atoms with Crippen molar-refractivity contribution in [1.29, 1.82) is 0 Å². The molecule has 2 amide bonds. The van der Waals surface area contributed by atoms with Gasteiger partial charge in [-0.1, -0.05) is 6.07 Å². The van der Waals surface area contributed by atoms with Gasteiger partial charge in [0.15, 0.2) is 9.84 Å². The van der Waals surface area contributed by atoms with E-state index in [0.29, 0.717) is 29.0 Å². The molecule has 3 rings (SSSR count). The quantitative estimate of drug-likeness (QED) is 0.720. The highest BCUT2D eigenvalue weighted by Crippen LogP contribution is 2.19. The second-order valence-corrected chi connectivity index (χ2v) is 8.65. The standard InChI is InChI=1S/C18H20N4O4S/c1-12(23)20-14-3-2-4-15(8-14)22-18(24)13-7-17(10-19-9-13)21-16-5-6-27(25,26)11-16/h2-4,7-10,16,21H,5-6,11H2,1H3,(H,20,23)(H,22,24).